The second kappa shape index (κ2) is 11.4. The van der Waals surface area contributed by atoms with E-state index in [-0.39, 0.29) is 0 Å². The molecule has 0 saturated heterocycles. The van der Waals surface area contributed by atoms with E-state index in [1.54, 1.807) is 11.3 Å². The van der Waals surface area contributed by atoms with Crippen molar-refractivity contribution in [3.05, 3.63) is 170 Å². The maximum absolute atomic E-state index is 5.40. The van der Waals surface area contributed by atoms with Crippen LogP contribution in [0.2, 0.25) is 0 Å². The molecule has 242 valence electrons. The zero-order valence-corrected chi connectivity index (χ0v) is 28.7. The van der Waals surface area contributed by atoms with Gasteiger partial charge in [-0.25, -0.2) is 4.98 Å². The molecule has 0 N–H and O–H groups in total. The van der Waals surface area contributed by atoms with Gasteiger partial charge in [0.15, 0.2) is 11.6 Å². The molecule has 0 amide bonds. The Hall–Kier alpha value is -6.69. The first-order chi connectivity index (χ1) is 25.8. The number of aromatic nitrogens is 4. The van der Waals surface area contributed by atoms with Crippen LogP contribution in [0.25, 0.3) is 103 Å². The molecule has 0 atom stereocenters. The minimum atomic E-state index is 0.589. The summed E-state index contributed by atoms with van der Waals surface area (Å²) >= 11 is 1.79. The predicted molar refractivity (Wildman–Crippen MR) is 218 cm³/mol. The lowest BCUT2D eigenvalue weighted by Gasteiger charge is -2.13. The van der Waals surface area contributed by atoms with E-state index in [0.717, 1.165) is 22.2 Å². The Morgan fingerprint density at radius 2 is 1.04 bits per heavy atom. The second-order valence-corrected chi connectivity index (χ2v) is 14.3. The molecule has 0 spiro atoms. The Balaban J connectivity index is 1.30. The van der Waals surface area contributed by atoms with Crippen molar-refractivity contribution in [2.75, 3.05) is 0 Å². The van der Waals surface area contributed by atoms with Gasteiger partial charge in [-0.15, -0.1) is 11.3 Å². The minimum absolute atomic E-state index is 0.589. The number of hydrogen-bond donors (Lipinski definition) is 0. The van der Waals surface area contributed by atoms with Gasteiger partial charge in [0, 0.05) is 42.1 Å². The van der Waals surface area contributed by atoms with Crippen LogP contribution in [0.1, 0.15) is 0 Å². The van der Waals surface area contributed by atoms with Crippen LogP contribution in [-0.2, 0) is 0 Å². The lowest BCUT2D eigenvalue weighted by atomic mass is 9.94. The van der Waals surface area contributed by atoms with Crippen LogP contribution in [0.15, 0.2) is 170 Å². The highest BCUT2D eigenvalue weighted by Crippen LogP contribution is 2.43. The quantitative estimate of drug-likeness (QED) is 0.186. The maximum Gasteiger partial charge on any atom is 0.238 e. The average Bonchev–Trinajstić information content (AvgIpc) is 3.75. The summed E-state index contributed by atoms with van der Waals surface area (Å²) in [5, 5.41) is 9.59. The van der Waals surface area contributed by atoms with Crippen molar-refractivity contribution >= 4 is 74.9 Å². The summed E-state index contributed by atoms with van der Waals surface area (Å²) in [7, 11) is 0. The fourth-order valence-corrected chi connectivity index (χ4v) is 9.07. The molecule has 0 aliphatic heterocycles. The Bertz CT molecular complexity index is 3180. The van der Waals surface area contributed by atoms with Crippen LogP contribution in [0.4, 0.5) is 0 Å². The van der Waals surface area contributed by atoms with Gasteiger partial charge in [0.25, 0.3) is 0 Å². The molecule has 8 aromatic carbocycles. The van der Waals surface area contributed by atoms with Gasteiger partial charge in [-0.2, -0.15) is 9.97 Å². The van der Waals surface area contributed by atoms with Gasteiger partial charge in [0.2, 0.25) is 5.95 Å². The van der Waals surface area contributed by atoms with E-state index >= 15 is 0 Å². The van der Waals surface area contributed by atoms with Crippen LogP contribution in [-0.4, -0.2) is 19.5 Å². The maximum atomic E-state index is 5.40. The van der Waals surface area contributed by atoms with Crippen LogP contribution in [0.5, 0.6) is 0 Å². The molecule has 0 aliphatic carbocycles. The fourth-order valence-electron chi connectivity index (χ4n) is 7.86. The topological polar surface area (TPSA) is 43.6 Å². The standard InChI is InChI=1S/C47H28N4S/c1-3-14-29(15-4-1)38-28-41-43(35-22-10-9-20-33(35)38)39-26-31-18-7-8-19-32(31)27-40(39)51(41)47-49-45(30-16-5-2-6-17-30)48-46(50-47)37-24-13-23-36-34-21-11-12-25-42(34)52-44(36)37/h1-28H. The van der Waals surface area contributed by atoms with E-state index in [2.05, 4.69) is 156 Å². The van der Waals surface area contributed by atoms with Gasteiger partial charge in [0.1, 0.15) is 0 Å². The highest BCUT2D eigenvalue weighted by atomic mass is 32.1. The smallest absolute Gasteiger partial charge is 0.238 e. The van der Waals surface area contributed by atoms with Crippen molar-refractivity contribution in [2.45, 2.75) is 0 Å². The van der Waals surface area contributed by atoms with Crippen LogP contribution >= 0.6 is 11.3 Å². The third-order valence-electron chi connectivity index (χ3n) is 10.2. The normalized spacial score (nSPS) is 11.8. The lowest BCUT2D eigenvalue weighted by molar-refractivity contribution is 0.955. The van der Waals surface area contributed by atoms with Crippen molar-refractivity contribution in [1.82, 2.24) is 19.5 Å². The molecule has 52 heavy (non-hydrogen) atoms. The highest BCUT2D eigenvalue weighted by Gasteiger charge is 2.22. The van der Waals surface area contributed by atoms with Gasteiger partial charge in [-0.3, -0.25) is 4.57 Å². The summed E-state index contributed by atoms with van der Waals surface area (Å²) in [5.74, 6) is 1.88. The largest absolute Gasteiger partial charge is 0.278 e. The zero-order valence-electron chi connectivity index (χ0n) is 27.9. The Morgan fingerprint density at radius 1 is 0.404 bits per heavy atom. The molecular formula is C47H28N4S. The molecule has 0 saturated carbocycles. The number of thiophene rings is 1. The zero-order chi connectivity index (χ0) is 34.2. The molecule has 0 bridgehead atoms. The number of fused-ring (bicyclic) bond motifs is 9. The molecule has 11 aromatic rings. The van der Waals surface area contributed by atoms with Crippen LogP contribution in [0.3, 0.4) is 0 Å². The van der Waals surface area contributed by atoms with Gasteiger partial charge in [-0.1, -0.05) is 140 Å². The van der Waals surface area contributed by atoms with Crippen LogP contribution in [0, 0.1) is 0 Å². The highest BCUT2D eigenvalue weighted by molar-refractivity contribution is 7.26. The van der Waals surface area contributed by atoms with E-state index < -0.39 is 0 Å². The predicted octanol–water partition coefficient (Wildman–Crippen LogP) is 12.6. The van der Waals surface area contributed by atoms with Crippen molar-refractivity contribution in [2.24, 2.45) is 0 Å². The molecule has 0 fully saturated rings. The first-order valence-electron chi connectivity index (χ1n) is 17.5. The van der Waals surface area contributed by atoms with Gasteiger partial charge in [-0.05, 0) is 63.0 Å². The van der Waals surface area contributed by atoms with Crippen molar-refractivity contribution < 1.29 is 0 Å². The van der Waals surface area contributed by atoms with E-state index in [9.17, 15) is 0 Å². The molecule has 0 radical (unpaired) electrons. The average molecular weight is 681 g/mol. The molecule has 4 nitrogen and oxygen atoms in total. The van der Waals surface area contributed by atoms with Gasteiger partial charge >= 0.3 is 0 Å². The Morgan fingerprint density at radius 3 is 1.85 bits per heavy atom. The lowest BCUT2D eigenvalue weighted by Crippen LogP contribution is -2.06. The first kappa shape index (κ1) is 29.1. The van der Waals surface area contributed by atoms with E-state index in [1.807, 2.05) is 18.2 Å². The third kappa shape index (κ3) is 4.43. The number of nitrogens with zero attached hydrogens (tertiary/aromatic N) is 4. The first-order valence-corrected chi connectivity index (χ1v) is 18.3. The van der Waals surface area contributed by atoms with Gasteiger partial charge < -0.3 is 0 Å². The summed E-state index contributed by atoms with van der Waals surface area (Å²) in [4.78, 5) is 15.9. The summed E-state index contributed by atoms with van der Waals surface area (Å²) in [6.07, 6.45) is 0. The minimum Gasteiger partial charge on any atom is -0.278 e. The molecule has 0 aliphatic rings. The molecule has 11 rings (SSSR count). The number of hydrogen-bond acceptors (Lipinski definition) is 4. The van der Waals surface area contributed by atoms with E-state index in [4.69, 9.17) is 15.0 Å². The SMILES string of the molecule is c1ccc(-c2nc(-c3cccc4c3sc3ccccc34)nc(-n3c4cc5ccccc5cc4c4c5ccccc5c(-c5ccccc5)cc43)n2)cc1. The Kier molecular flexibility index (Phi) is 6.39. The monoisotopic (exact) mass is 680 g/mol. The number of rotatable bonds is 4. The number of benzene rings is 8. The summed E-state index contributed by atoms with van der Waals surface area (Å²) in [6.45, 7) is 0. The van der Waals surface area contributed by atoms with Crippen molar-refractivity contribution in [1.29, 1.82) is 0 Å². The van der Waals surface area contributed by atoms with Gasteiger partial charge in [0.05, 0.1) is 11.0 Å². The molecular weight excluding hydrogens is 653 g/mol. The summed E-state index contributed by atoms with van der Waals surface area (Å²) in [5.41, 5.74) is 6.39. The summed E-state index contributed by atoms with van der Waals surface area (Å²) in [6, 6.07) is 60.3. The molecule has 3 aromatic heterocycles. The second-order valence-electron chi connectivity index (χ2n) is 13.2. The third-order valence-corrected chi connectivity index (χ3v) is 11.4. The Labute approximate surface area is 302 Å². The van der Waals surface area contributed by atoms with Crippen LogP contribution < -0.4 is 0 Å². The fraction of sp³-hybridized carbons (Fsp3) is 0. The van der Waals surface area contributed by atoms with Crippen molar-refractivity contribution in [3.8, 4) is 39.9 Å². The molecule has 5 heteroatoms. The van der Waals surface area contributed by atoms with E-state index in [1.165, 1.54) is 63.6 Å². The molecule has 3 heterocycles. The molecule has 0 unspecified atom stereocenters. The van der Waals surface area contributed by atoms with Crippen molar-refractivity contribution in [3.63, 3.8) is 0 Å². The van der Waals surface area contributed by atoms with E-state index in [0.29, 0.717) is 17.6 Å². The summed E-state index contributed by atoms with van der Waals surface area (Å²) < 4.78 is 4.68.